The van der Waals surface area contributed by atoms with Crippen LogP contribution in [0.25, 0.3) is 15.3 Å². The summed E-state index contributed by atoms with van der Waals surface area (Å²) >= 11 is 2.85. The molecule has 0 spiro atoms. The van der Waals surface area contributed by atoms with E-state index in [1.165, 1.54) is 29.8 Å². The largest absolute Gasteiger partial charge is 0.468 e. The molecular weight excluding hydrogens is 400 g/mol. The molecule has 0 radical (unpaired) electrons. The van der Waals surface area contributed by atoms with Crippen LogP contribution in [-0.2, 0) is 9.53 Å². The van der Waals surface area contributed by atoms with Crippen molar-refractivity contribution in [3.05, 3.63) is 52.3 Å². The molecule has 28 heavy (non-hydrogen) atoms. The molecule has 0 aliphatic rings. The number of anilines is 1. The van der Waals surface area contributed by atoms with Gasteiger partial charge in [0.05, 0.1) is 17.5 Å². The van der Waals surface area contributed by atoms with Crippen molar-refractivity contribution in [2.24, 2.45) is 0 Å². The molecule has 0 fully saturated rings. The van der Waals surface area contributed by atoms with E-state index in [0.29, 0.717) is 16.1 Å². The van der Waals surface area contributed by atoms with Crippen molar-refractivity contribution in [1.29, 1.82) is 0 Å². The number of nitrogens with zero attached hydrogens (tertiary/aromatic N) is 2. The molecule has 0 atom stereocenters. The van der Waals surface area contributed by atoms with Gasteiger partial charge in [0, 0.05) is 22.8 Å². The van der Waals surface area contributed by atoms with E-state index in [1.54, 1.807) is 30.3 Å². The molecule has 0 unspecified atom stereocenters. The highest BCUT2D eigenvalue weighted by atomic mass is 32.1. The average Bonchev–Trinajstić information content (AvgIpc) is 3.38. The molecule has 8 nitrogen and oxygen atoms in total. The lowest BCUT2D eigenvalue weighted by Crippen LogP contribution is -2.30. The zero-order valence-corrected chi connectivity index (χ0v) is 16.2. The van der Waals surface area contributed by atoms with Crippen molar-refractivity contribution in [1.82, 2.24) is 14.7 Å². The third kappa shape index (κ3) is 3.47. The zero-order chi connectivity index (χ0) is 19.7. The van der Waals surface area contributed by atoms with Crippen molar-refractivity contribution < 1.29 is 19.1 Å². The van der Waals surface area contributed by atoms with Crippen molar-refractivity contribution in [2.75, 3.05) is 19.0 Å². The molecule has 1 aromatic carbocycles. The fourth-order valence-corrected chi connectivity index (χ4v) is 4.31. The summed E-state index contributed by atoms with van der Waals surface area (Å²) in [5.74, 6) is -1.25. The first-order chi connectivity index (χ1) is 13.5. The van der Waals surface area contributed by atoms with Crippen LogP contribution in [0.4, 0.5) is 5.69 Å². The van der Waals surface area contributed by atoms with Gasteiger partial charge in [-0.1, -0.05) is 6.07 Å². The van der Waals surface area contributed by atoms with Gasteiger partial charge in [-0.2, -0.15) is 0 Å². The van der Waals surface area contributed by atoms with Gasteiger partial charge in [-0.05, 0) is 24.3 Å². The van der Waals surface area contributed by atoms with Crippen LogP contribution in [0.1, 0.15) is 20.0 Å². The Balaban J connectivity index is 1.49. The number of carbonyl (C=O) groups is 3. The number of thiophene rings is 1. The Morgan fingerprint density at radius 1 is 1.21 bits per heavy atom. The number of methoxy groups -OCH3 is 1. The number of thiazole rings is 1. The van der Waals surface area contributed by atoms with Crippen LogP contribution >= 0.6 is 22.7 Å². The molecule has 4 rings (SSSR count). The van der Waals surface area contributed by atoms with Crippen molar-refractivity contribution >= 4 is 61.5 Å². The van der Waals surface area contributed by atoms with Crippen LogP contribution in [0, 0.1) is 0 Å². The van der Waals surface area contributed by atoms with Crippen LogP contribution in [0.15, 0.2) is 41.9 Å². The fraction of sp³-hybridized carbons (Fsp3) is 0.111. The van der Waals surface area contributed by atoms with Gasteiger partial charge in [0.2, 0.25) is 0 Å². The summed E-state index contributed by atoms with van der Waals surface area (Å²) in [6.07, 6.45) is 1.92. The number of esters is 1. The van der Waals surface area contributed by atoms with Crippen molar-refractivity contribution in [3.8, 4) is 0 Å². The second-order valence-corrected chi connectivity index (χ2v) is 7.67. The molecule has 0 saturated heterocycles. The summed E-state index contributed by atoms with van der Waals surface area (Å²) < 4.78 is 6.43. The van der Waals surface area contributed by atoms with Crippen LogP contribution in [-0.4, -0.2) is 40.8 Å². The van der Waals surface area contributed by atoms with Crippen LogP contribution in [0.3, 0.4) is 0 Å². The average molecular weight is 414 g/mol. The summed E-state index contributed by atoms with van der Waals surface area (Å²) in [5.41, 5.74) is 1.69. The van der Waals surface area contributed by atoms with E-state index in [0.717, 1.165) is 15.3 Å². The fourth-order valence-electron chi connectivity index (χ4n) is 2.62. The normalized spacial score (nSPS) is 10.9. The molecule has 0 bridgehead atoms. The van der Waals surface area contributed by atoms with E-state index in [9.17, 15) is 14.4 Å². The molecule has 0 aliphatic heterocycles. The summed E-state index contributed by atoms with van der Waals surface area (Å²) in [5, 5.41) is 7.18. The number of fused-ring (bicyclic) bond motifs is 3. The molecule has 2 amide bonds. The summed E-state index contributed by atoms with van der Waals surface area (Å²) in [6, 6.07) is 8.28. The quantitative estimate of drug-likeness (QED) is 0.489. The number of hydrogen-bond acceptors (Lipinski definition) is 7. The number of amides is 2. The van der Waals surface area contributed by atoms with Gasteiger partial charge in [0.25, 0.3) is 11.8 Å². The molecule has 0 aliphatic carbocycles. The topological polar surface area (TPSA) is 102 Å². The molecule has 4 aromatic rings. The Morgan fingerprint density at radius 2 is 2.07 bits per heavy atom. The predicted molar refractivity (Wildman–Crippen MR) is 107 cm³/mol. The maximum Gasteiger partial charge on any atom is 0.325 e. The highest BCUT2D eigenvalue weighted by molar-refractivity contribution is 7.21. The van der Waals surface area contributed by atoms with Gasteiger partial charge in [-0.25, -0.2) is 4.98 Å². The number of hydrogen-bond donors (Lipinski definition) is 2. The third-order valence-corrected chi connectivity index (χ3v) is 5.74. The van der Waals surface area contributed by atoms with Gasteiger partial charge >= 0.3 is 5.97 Å². The molecule has 142 valence electrons. The van der Waals surface area contributed by atoms with Gasteiger partial charge in [-0.15, -0.1) is 22.7 Å². The van der Waals surface area contributed by atoms with Gasteiger partial charge in [0.1, 0.15) is 11.4 Å². The maximum atomic E-state index is 12.6. The lowest BCUT2D eigenvalue weighted by Gasteiger charge is -2.07. The number of nitrogens with one attached hydrogen (secondary N) is 2. The van der Waals surface area contributed by atoms with Gasteiger partial charge < -0.3 is 15.4 Å². The predicted octanol–water partition coefficient (Wildman–Crippen LogP) is 2.77. The van der Waals surface area contributed by atoms with Crippen molar-refractivity contribution in [2.45, 2.75) is 0 Å². The number of imidazole rings is 1. The number of aromatic nitrogens is 2. The number of carbonyl (C=O) groups excluding carboxylic acids is 3. The van der Waals surface area contributed by atoms with E-state index in [1.807, 2.05) is 16.0 Å². The van der Waals surface area contributed by atoms with E-state index < -0.39 is 11.9 Å². The lowest BCUT2D eigenvalue weighted by molar-refractivity contribution is -0.139. The lowest BCUT2D eigenvalue weighted by atomic mass is 10.2. The smallest absolute Gasteiger partial charge is 0.325 e. The summed E-state index contributed by atoms with van der Waals surface area (Å²) in [7, 11) is 1.25. The minimum Gasteiger partial charge on any atom is -0.468 e. The molecule has 2 N–H and O–H groups in total. The molecule has 0 saturated carbocycles. The second-order valence-electron chi connectivity index (χ2n) is 5.76. The number of rotatable bonds is 5. The van der Waals surface area contributed by atoms with Gasteiger partial charge in [-0.3, -0.25) is 18.8 Å². The van der Waals surface area contributed by atoms with Crippen LogP contribution in [0.5, 0.6) is 0 Å². The maximum absolute atomic E-state index is 12.6. The Kier molecular flexibility index (Phi) is 4.80. The third-order valence-electron chi connectivity index (χ3n) is 3.97. The first-order valence-corrected chi connectivity index (χ1v) is 9.86. The molecular formula is C18H14N4O4S2. The van der Waals surface area contributed by atoms with E-state index >= 15 is 0 Å². The number of benzene rings is 1. The molecule has 3 heterocycles. The standard InChI is InChI=1S/C18H14N4O4S2/c1-26-14(23)9-19-15(24)10-3-2-4-11(7-10)20-16(25)13-8-12-17(28-13)21-18-22(12)5-6-27-18/h2-8H,9H2,1H3,(H,19,24)(H,20,25). The summed E-state index contributed by atoms with van der Waals surface area (Å²) in [4.78, 5) is 42.6. The van der Waals surface area contributed by atoms with E-state index in [-0.39, 0.29) is 12.5 Å². The minimum atomic E-state index is -0.541. The SMILES string of the molecule is COC(=O)CNC(=O)c1cccc(NC(=O)c2cc3c(nc4sccn43)s2)c1. The van der Waals surface area contributed by atoms with E-state index in [2.05, 4.69) is 20.4 Å². The molecule has 3 aromatic heterocycles. The van der Waals surface area contributed by atoms with Crippen LogP contribution < -0.4 is 10.6 Å². The first-order valence-electron chi connectivity index (χ1n) is 8.16. The highest BCUT2D eigenvalue weighted by Crippen LogP contribution is 2.28. The first kappa shape index (κ1) is 18.1. The Bertz CT molecular complexity index is 1210. The monoisotopic (exact) mass is 414 g/mol. The van der Waals surface area contributed by atoms with Crippen molar-refractivity contribution in [3.63, 3.8) is 0 Å². The van der Waals surface area contributed by atoms with E-state index in [4.69, 9.17) is 0 Å². The molecule has 10 heteroatoms. The Morgan fingerprint density at radius 3 is 2.89 bits per heavy atom. The van der Waals surface area contributed by atoms with Crippen LogP contribution in [0.2, 0.25) is 0 Å². The highest BCUT2D eigenvalue weighted by Gasteiger charge is 2.16. The zero-order valence-electron chi connectivity index (χ0n) is 14.6. The summed E-state index contributed by atoms with van der Waals surface area (Å²) in [6.45, 7) is -0.224. The minimum absolute atomic E-state index is 0.224. The Hall–Kier alpha value is -3.24. The second kappa shape index (κ2) is 7.41. The van der Waals surface area contributed by atoms with Gasteiger partial charge in [0.15, 0.2) is 4.96 Å². The Labute approximate surface area is 166 Å². The number of ether oxygens (including phenoxy) is 1.